The molecule has 1 saturated heterocycles. The lowest BCUT2D eigenvalue weighted by Crippen LogP contribution is -2.40. The summed E-state index contributed by atoms with van der Waals surface area (Å²) >= 11 is 1.51. The zero-order valence-electron chi connectivity index (χ0n) is 15.6. The zero-order valence-corrected chi connectivity index (χ0v) is 17.2. The van der Waals surface area contributed by atoms with Crippen molar-refractivity contribution in [3.8, 4) is 5.75 Å². The summed E-state index contributed by atoms with van der Waals surface area (Å²) in [7, 11) is -3.53. The van der Waals surface area contributed by atoms with Gasteiger partial charge in [-0.2, -0.15) is 4.31 Å². The molecule has 1 aliphatic heterocycles. The number of ether oxygens (including phenoxy) is 2. The molecule has 9 nitrogen and oxygen atoms in total. The molecule has 0 bridgehead atoms. The fourth-order valence-electron chi connectivity index (χ4n) is 2.63. The highest BCUT2D eigenvalue weighted by molar-refractivity contribution is 7.99. The van der Waals surface area contributed by atoms with Gasteiger partial charge in [0.05, 0.1) is 29.8 Å². The number of hydrogen-bond acceptors (Lipinski definition) is 8. The second kappa shape index (κ2) is 10.0. The van der Waals surface area contributed by atoms with Crippen molar-refractivity contribution in [1.82, 2.24) is 9.29 Å². The van der Waals surface area contributed by atoms with Gasteiger partial charge in [0.25, 0.3) is 5.69 Å². The minimum atomic E-state index is -3.53. The van der Waals surface area contributed by atoms with Crippen molar-refractivity contribution in [2.45, 2.75) is 16.3 Å². The van der Waals surface area contributed by atoms with Crippen LogP contribution in [0.2, 0.25) is 0 Å². The van der Waals surface area contributed by atoms with Gasteiger partial charge in [0.15, 0.2) is 0 Å². The summed E-state index contributed by atoms with van der Waals surface area (Å²) in [6, 6.07) is 9.23. The van der Waals surface area contributed by atoms with Crippen LogP contribution in [0.3, 0.4) is 0 Å². The molecule has 1 aromatic carbocycles. The predicted octanol–water partition coefficient (Wildman–Crippen LogP) is 2.57. The van der Waals surface area contributed by atoms with Crippen LogP contribution in [-0.2, 0) is 14.8 Å². The van der Waals surface area contributed by atoms with Gasteiger partial charge in [0, 0.05) is 37.2 Å². The Hall–Kier alpha value is -2.21. The summed E-state index contributed by atoms with van der Waals surface area (Å²) < 4.78 is 37.3. The van der Waals surface area contributed by atoms with E-state index in [1.165, 1.54) is 34.4 Å². The lowest BCUT2D eigenvalue weighted by Gasteiger charge is -2.25. The van der Waals surface area contributed by atoms with Gasteiger partial charge in [-0.3, -0.25) is 10.1 Å². The van der Waals surface area contributed by atoms with E-state index in [4.69, 9.17) is 9.47 Å². The number of morpholine rings is 1. The first-order chi connectivity index (χ1) is 14.0. The van der Waals surface area contributed by atoms with Gasteiger partial charge < -0.3 is 9.47 Å². The predicted molar refractivity (Wildman–Crippen MR) is 108 cm³/mol. The van der Waals surface area contributed by atoms with E-state index in [0.29, 0.717) is 38.7 Å². The Morgan fingerprint density at radius 1 is 1.17 bits per heavy atom. The second-order valence-corrected chi connectivity index (χ2v) is 9.20. The first kappa shape index (κ1) is 21.5. The Kier molecular flexibility index (Phi) is 7.42. The SMILES string of the molecule is O=[N+]([O-])c1ccc(OCCCSc2ccc(S(=O)(=O)N3CCOCC3)cn2)cc1. The normalized spacial score (nSPS) is 15.2. The van der Waals surface area contributed by atoms with Gasteiger partial charge in [-0.15, -0.1) is 11.8 Å². The number of rotatable bonds is 9. The van der Waals surface area contributed by atoms with Crippen LogP contribution in [0.5, 0.6) is 5.75 Å². The minimum Gasteiger partial charge on any atom is -0.494 e. The molecule has 0 spiro atoms. The summed E-state index contributed by atoms with van der Waals surface area (Å²) in [6.45, 7) is 1.99. The van der Waals surface area contributed by atoms with Crippen molar-refractivity contribution >= 4 is 27.5 Å². The van der Waals surface area contributed by atoms with E-state index in [9.17, 15) is 18.5 Å². The second-order valence-electron chi connectivity index (χ2n) is 6.15. The molecule has 0 atom stereocenters. The number of sulfonamides is 1. The molecule has 29 heavy (non-hydrogen) atoms. The van der Waals surface area contributed by atoms with Gasteiger partial charge in [0.2, 0.25) is 10.0 Å². The molecule has 0 aliphatic carbocycles. The Balaban J connectivity index is 1.42. The average molecular weight is 440 g/mol. The fourth-order valence-corrected chi connectivity index (χ4v) is 4.75. The maximum atomic E-state index is 12.6. The molecule has 1 aliphatic rings. The van der Waals surface area contributed by atoms with Crippen LogP contribution < -0.4 is 4.74 Å². The summed E-state index contributed by atoms with van der Waals surface area (Å²) in [5.74, 6) is 1.33. The topological polar surface area (TPSA) is 112 Å². The van der Waals surface area contributed by atoms with E-state index >= 15 is 0 Å². The molecule has 0 unspecified atom stereocenters. The molecule has 0 saturated carbocycles. The molecule has 3 rings (SSSR count). The molecular formula is C18H21N3O6S2. The van der Waals surface area contributed by atoms with Crippen LogP contribution in [0, 0.1) is 10.1 Å². The first-order valence-electron chi connectivity index (χ1n) is 9.01. The van der Waals surface area contributed by atoms with Gasteiger partial charge in [-0.25, -0.2) is 13.4 Å². The van der Waals surface area contributed by atoms with Crippen LogP contribution in [0.1, 0.15) is 6.42 Å². The summed E-state index contributed by atoms with van der Waals surface area (Å²) in [4.78, 5) is 14.6. The number of nitro benzene ring substituents is 1. The van der Waals surface area contributed by atoms with Gasteiger partial charge in [-0.1, -0.05) is 0 Å². The van der Waals surface area contributed by atoms with E-state index in [1.807, 2.05) is 0 Å². The van der Waals surface area contributed by atoms with E-state index in [1.54, 1.807) is 24.3 Å². The first-order valence-corrected chi connectivity index (χ1v) is 11.4. The van der Waals surface area contributed by atoms with Crippen LogP contribution in [0.25, 0.3) is 0 Å². The third-order valence-corrected chi connectivity index (χ3v) is 7.08. The maximum Gasteiger partial charge on any atom is 0.269 e. The molecule has 1 fully saturated rings. The summed E-state index contributed by atoms with van der Waals surface area (Å²) in [5, 5.41) is 11.4. The van der Waals surface area contributed by atoms with Crippen LogP contribution in [0.4, 0.5) is 5.69 Å². The number of hydrogen-bond donors (Lipinski definition) is 0. The quantitative estimate of drug-likeness (QED) is 0.254. The van der Waals surface area contributed by atoms with E-state index < -0.39 is 14.9 Å². The Bertz CT molecular complexity index is 914. The fraction of sp³-hybridized carbons (Fsp3) is 0.389. The van der Waals surface area contributed by atoms with Crippen LogP contribution in [-0.4, -0.2) is 61.3 Å². The number of aromatic nitrogens is 1. The van der Waals surface area contributed by atoms with Crippen molar-refractivity contribution in [3.63, 3.8) is 0 Å². The lowest BCUT2D eigenvalue weighted by molar-refractivity contribution is -0.384. The molecule has 0 radical (unpaired) electrons. The molecule has 156 valence electrons. The molecule has 2 heterocycles. The average Bonchev–Trinajstić information content (AvgIpc) is 2.75. The largest absolute Gasteiger partial charge is 0.494 e. The standard InChI is InChI=1S/C18H21N3O6S2/c22-21(23)15-2-4-16(5-3-15)27-10-1-13-28-18-7-6-17(14-19-18)29(24,25)20-8-11-26-12-9-20/h2-7,14H,1,8-13H2. The Morgan fingerprint density at radius 3 is 2.52 bits per heavy atom. The molecule has 0 N–H and O–H groups in total. The van der Waals surface area contributed by atoms with Crippen LogP contribution in [0.15, 0.2) is 52.5 Å². The summed E-state index contributed by atoms with van der Waals surface area (Å²) in [6.07, 6.45) is 2.14. The van der Waals surface area contributed by atoms with E-state index in [-0.39, 0.29) is 10.6 Å². The highest BCUT2D eigenvalue weighted by Crippen LogP contribution is 2.21. The van der Waals surface area contributed by atoms with Gasteiger partial charge >= 0.3 is 0 Å². The molecule has 2 aromatic rings. The number of non-ortho nitro benzene ring substituents is 1. The van der Waals surface area contributed by atoms with Crippen molar-refractivity contribution in [1.29, 1.82) is 0 Å². The smallest absolute Gasteiger partial charge is 0.269 e. The molecule has 0 amide bonds. The van der Waals surface area contributed by atoms with Gasteiger partial charge in [-0.05, 0) is 30.7 Å². The Labute approximate surface area is 173 Å². The van der Waals surface area contributed by atoms with E-state index in [0.717, 1.165) is 17.2 Å². The van der Waals surface area contributed by atoms with Crippen molar-refractivity contribution in [2.24, 2.45) is 0 Å². The highest BCUT2D eigenvalue weighted by Gasteiger charge is 2.26. The minimum absolute atomic E-state index is 0.0260. The lowest BCUT2D eigenvalue weighted by atomic mass is 10.3. The van der Waals surface area contributed by atoms with Gasteiger partial charge in [0.1, 0.15) is 10.6 Å². The van der Waals surface area contributed by atoms with Crippen molar-refractivity contribution < 1.29 is 22.8 Å². The van der Waals surface area contributed by atoms with Crippen molar-refractivity contribution in [3.05, 3.63) is 52.7 Å². The Morgan fingerprint density at radius 2 is 1.90 bits per heavy atom. The number of nitrogens with zero attached hydrogens (tertiary/aromatic N) is 3. The number of thioether (sulfide) groups is 1. The number of pyridine rings is 1. The third-order valence-electron chi connectivity index (χ3n) is 4.17. The number of benzene rings is 1. The number of nitro groups is 1. The monoisotopic (exact) mass is 439 g/mol. The maximum absolute atomic E-state index is 12.6. The molecule has 11 heteroatoms. The molecule has 1 aromatic heterocycles. The van der Waals surface area contributed by atoms with Crippen LogP contribution >= 0.6 is 11.8 Å². The zero-order chi connectivity index (χ0) is 20.7. The van der Waals surface area contributed by atoms with Crippen molar-refractivity contribution in [2.75, 3.05) is 38.7 Å². The third kappa shape index (κ3) is 5.89. The highest BCUT2D eigenvalue weighted by atomic mass is 32.2. The van der Waals surface area contributed by atoms with E-state index in [2.05, 4.69) is 4.98 Å². The molecular weight excluding hydrogens is 418 g/mol. The summed E-state index contributed by atoms with van der Waals surface area (Å²) in [5.41, 5.74) is 0.0260.